The largest absolute Gasteiger partial charge is 0.472 e. The zero-order valence-electron chi connectivity index (χ0n) is 10.5. The molecule has 4 nitrogen and oxygen atoms in total. The predicted octanol–water partition coefficient (Wildman–Crippen LogP) is 2.47. The highest BCUT2D eigenvalue weighted by atomic mass is 16.3. The number of rotatable bonds is 2. The van der Waals surface area contributed by atoms with E-state index in [1.54, 1.807) is 12.5 Å². The topological polar surface area (TPSA) is 45.5 Å². The zero-order valence-corrected chi connectivity index (χ0v) is 10.5. The SMILES string of the molecule is C[C@H]1CCN(C(=O)NCc2ccoc2)C[C@@H]1C. The molecule has 2 heterocycles. The summed E-state index contributed by atoms with van der Waals surface area (Å²) in [6.07, 6.45) is 4.37. The fourth-order valence-electron chi connectivity index (χ4n) is 2.13. The number of carbonyl (C=O) groups is 1. The minimum atomic E-state index is 0.0324. The molecule has 1 fully saturated rings. The second kappa shape index (κ2) is 5.25. The highest BCUT2D eigenvalue weighted by Crippen LogP contribution is 2.22. The van der Waals surface area contributed by atoms with Gasteiger partial charge in [0.05, 0.1) is 12.5 Å². The Morgan fingerprint density at radius 3 is 3.00 bits per heavy atom. The summed E-state index contributed by atoms with van der Waals surface area (Å²) in [7, 11) is 0. The molecule has 1 aromatic heterocycles. The Balaban J connectivity index is 1.80. The molecule has 17 heavy (non-hydrogen) atoms. The fraction of sp³-hybridized carbons (Fsp3) is 0.615. The van der Waals surface area contributed by atoms with E-state index in [2.05, 4.69) is 19.2 Å². The van der Waals surface area contributed by atoms with Crippen LogP contribution in [0.4, 0.5) is 4.79 Å². The van der Waals surface area contributed by atoms with Gasteiger partial charge in [-0.1, -0.05) is 13.8 Å². The number of likely N-dealkylation sites (tertiary alicyclic amines) is 1. The number of amides is 2. The lowest BCUT2D eigenvalue weighted by atomic mass is 9.89. The van der Waals surface area contributed by atoms with Crippen molar-refractivity contribution in [3.63, 3.8) is 0 Å². The molecule has 0 radical (unpaired) electrons. The Hall–Kier alpha value is -1.45. The predicted molar refractivity (Wildman–Crippen MR) is 65.5 cm³/mol. The van der Waals surface area contributed by atoms with Gasteiger partial charge in [-0.05, 0) is 24.3 Å². The molecule has 0 saturated carbocycles. The van der Waals surface area contributed by atoms with Gasteiger partial charge in [-0.25, -0.2) is 4.79 Å². The van der Waals surface area contributed by atoms with Gasteiger partial charge in [0.1, 0.15) is 0 Å². The monoisotopic (exact) mass is 236 g/mol. The highest BCUT2D eigenvalue weighted by Gasteiger charge is 2.25. The third kappa shape index (κ3) is 3.02. The molecule has 1 N–H and O–H groups in total. The van der Waals surface area contributed by atoms with Crippen molar-refractivity contribution in [2.75, 3.05) is 13.1 Å². The Kier molecular flexibility index (Phi) is 3.71. The van der Waals surface area contributed by atoms with E-state index < -0.39 is 0 Å². The van der Waals surface area contributed by atoms with Crippen LogP contribution in [0.2, 0.25) is 0 Å². The lowest BCUT2D eigenvalue weighted by Crippen LogP contribution is -2.46. The molecule has 1 saturated heterocycles. The standard InChI is InChI=1S/C13H20N2O2/c1-10-3-5-15(8-11(10)2)13(16)14-7-12-4-6-17-9-12/h4,6,9-11H,3,5,7-8H2,1-2H3,(H,14,16)/t10-,11-/m0/s1. The van der Waals surface area contributed by atoms with Gasteiger partial charge in [-0.15, -0.1) is 0 Å². The summed E-state index contributed by atoms with van der Waals surface area (Å²) in [6, 6.07) is 1.89. The molecule has 2 rings (SSSR count). The van der Waals surface area contributed by atoms with Crippen molar-refractivity contribution in [3.8, 4) is 0 Å². The molecule has 94 valence electrons. The van der Waals surface area contributed by atoms with Crippen LogP contribution in [-0.4, -0.2) is 24.0 Å². The van der Waals surface area contributed by atoms with Gasteiger partial charge in [0.2, 0.25) is 0 Å². The van der Waals surface area contributed by atoms with Gasteiger partial charge in [0.15, 0.2) is 0 Å². The molecule has 0 bridgehead atoms. The maximum atomic E-state index is 11.9. The fourth-order valence-corrected chi connectivity index (χ4v) is 2.13. The van der Waals surface area contributed by atoms with E-state index in [4.69, 9.17) is 4.42 Å². The van der Waals surface area contributed by atoms with Gasteiger partial charge in [0.25, 0.3) is 0 Å². The lowest BCUT2D eigenvalue weighted by molar-refractivity contribution is 0.144. The maximum absolute atomic E-state index is 11.9. The molecule has 0 spiro atoms. The third-order valence-corrected chi connectivity index (χ3v) is 3.65. The quantitative estimate of drug-likeness (QED) is 0.857. The van der Waals surface area contributed by atoms with Crippen molar-refractivity contribution in [1.29, 1.82) is 0 Å². The van der Waals surface area contributed by atoms with E-state index in [1.165, 1.54) is 0 Å². The Bertz CT molecular complexity index is 362. The first-order valence-corrected chi connectivity index (χ1v) is 6.20. The van der Waals surface area contributed by atoms with E-state index in [0.717, 1.165) is 25.1 Å². The Labute approximate surface area is 102 Å². The average molecular weight is 236 g/mol. The minimum Gasteiger partial charge on any atom is -0.472 e. The van der Waals surface area contributed by atoms with Crippen LogP contribution in [0, 0.1) is 11.8 Å². The molecular formula is C13H20N2O2. The molecule has 1 aliphatic heterocycles. The van der Waals surface area contributed by atoms with E-state index in [0.29, 0.717) is 18.4 Å². The van der Waals surface area contributed by atoms with Gasteiger partial charge in [-0.3, -0.25) is 0 Å². The van der Waals surface area contributed by atoms with Gasteiger partial charge in [-0.2, -0.15) is 0 Å². The van der Waals surface area contributed by atoms with Gasteiger partial charge < -0.3 is 14.6 Å². The van der Waals surface area contributed by atoms with Crippen molar-refractivity contribution < 1.29 is 9.21 Å². The normalized spacial score (nSPS) is 24.7. The first-order valence-electron chi connectivity index (χ1n) is 6.20. The summed E-state index contributed by atoms with van der Waals surface area (Å²) in [5, 5.41) is 2.92. The van der Waals surface area contributed by atoms with Crippen LogP contribution < -0.4 is 5.32 Å². The summed E-state index contributed by atoms with van der Waals surface area (Å²) >= 11 is 0. The second-order valence-corrected chi connectivity index (χ2v) is 4.98. The number of nitrogens with zero attached hydrogens (tertiary/aromatic N) is 1. The number of piperidine rings is 1. The van der Waals surface area contributed by atoms with Crippen LogP contribution in [0.1, 0.15) is 25.8 Å². The summed E-state index contributed by atoms with van der Waals surface area (Å²) in [5.41, 5.74) is 0.997. The van der Waals surface area contributed by atoms with Crippen LogP contribution in [0.5, 0.6) is 0 Å². The highest BCUT2D eigenvalue weighted by molar-refractivity contribution is 5.74. The Morgan fingerprint density at radius 2 is 2.35 bits per heavy atom. The van der Waals surface area contributed by atoms with Crippen LogP contribution >= 0.6 is 0 Å². The minimum absolute atomic E-state index is 0.0324. The van der Waals surface area contributed by atoms with Crippen LogP contribution in [0.25, 0.3) is 0 Å². The number of furan rings is 1. The molecule has 4 heteroatoms. The average Bonchev–Trinajstić information content (AvgIpc) is 2.82. The number of urea groups is 1. The molecule has 1 aromatic rings. The van der Waals surface area contributed by atoms with Crippen LogP contribution in [0.3, 0.4) is 0 Å². The molecule has 0 unspecified atom stereocenters. The van der Waals surface area contributed by atoms with Crippen LogP contribution in [0.15, 0.2) is 23.0 Å². The second-order valence-electron chi connectivity index (χ2n) is 4.98. The van der Waals surface area contributed by atoms with E-state index in [-0.39, 0.29) is 6.03 Å². The molecule has 1 aliphatic rings. The molecule has 2 amide bonds. The lowest BCUT2D eigenvalue weighted by Gasteiger charge is -2.35. The molecule has 0 aliphatic carbocycles. The number of hydrogen-bond donors (Lipinski definition) is 1. The van der Waals surface area contributed by atoms with Crippen molar-refractivity contribution in [2.45, 2.75) is 26.8 Å². The summed E-state index contributed by atoms with van der Waals surface area (Å²) in [4.78, 5) is 13.8. The summed E-state index contributed by atoms with van der Waals surface area (Å²) in [5.74, 6) is 1.30. The van der Waals surface area contributed by atoms with Crippen molar-refractivity contribution in [3.05, 3.63) is 24.2 Å². The summed E-state index contributed by atoms with van der Waals surface area (Å²) in [6.45, 7) is 6.72. The Morgan fingerprint density at radius 1 is 1.53 bits per heavy atom. The van der Waals surface area contributed by atoms with Crippen molar-refractivity contribution in [2.24, 2.45) is 11.8 Å². The summed E-state index contributed by atoms with van der Waals surface area (Å²) < 4.78 is 4.96. The van der Waals surface area contributed by atoms with Gasteiger partial charge >= 0.3 is 6.03 Å². The first-order chi connectivity index (χ1) is 8.16. The number of carbonyl (C=O) groups excluding carboxylic acids is 1. The molecule has 0 aromatic carbocycles. The maximum Gasteiger partial charge on any atom is 0.317 e. The molecular weight excluding hydrogens is 216 g/mol. The van der Waals surface area contributed by atoms with Crippen LogP contribution in [-0.2, 0) is 6.54 Å². The third-order valence-electron chi connectivity index (χ3n) is 3.65. The van der Waals surface area contributed by atoms with Crippen molar-refractivity contribution in [1.82, 2.24) is 10.2 Å². The van der Waals surface area contributed by atoms with Crippen molar-refractivity contribution >= 4 is 6.03 Å². The number of nitrogens with one attached hydrogen (secondary N) is 1. The van der Waals surface area contributed by atoms with E-state index >= 15 is 0 Å². The van der Waals surface area contributed by atoms with E-state index in [1.807, 2.05) is 11.0 Å². The smallest absolute Gasteiger partial charge is 0.317 e. The number of hydrogen-bond acceptors (Lipinski definition) is 2. The molecule has 2 atom stereocenters. The zero-order chi connectivity index (χ0) is 12.3. The van der Waals surface area contributed by atoms with E-state index in [9.17, 15) is 4.79 Å². The van der Waals surface area contributed by atoms with Gasteiger partial charge in [0, 0.05) is 25.2 Å². The first kappa shape index (κ1) is 12.0.